The highest BCUT2D eigenvalue weighted by molar-refractivity contribution is 5.97. The maximum absolute atomic E-state index is 11.1. The fourth-order valence-corrected chi connectivity index (χ4v) is 0.866. The molecular formula is C8H4O5-2. The smallest absolute Gasteiger partial charge is 0.335 e. The zero-order valence-electron chi connectivity index (χ0n) is 6.31. The number of carbonyl (C=O) groups is 2. The summed E-state index contributed by atoms with van der Waals surface area (Å²) in [5.74, 6) is -4.16. The van der Waals surface area contributed by atoms with Gasteiger partial charge in [-0.05, 0) is 11.6 Å². The van der Waals surface area contributed by atoms with Gasteiger partial charge in [0.15, 0.2) is 0 Å². The minimum absolute atomic E-state index is 0.568. The fraction of sp³-hybridized carbons (Fsp3) is 0. The van der Waals surface area contributed by atoms with Gasteiger partial charge < -0.3 is 20.1 Å². The van der Waals surface area contributed by atoms with Crippen molar-refractivity contribution in [3.8, 4) is 5.75 Å². The number of benzene rings is 1. The first-order valence-electron chi connectivity index (χ1n) is 3.28. The molecule has 0 radical (unpaired) electrons. The molecule has 0 aliphatic rings. The molecule has 1 rings (SSSR count). The molecule has 0 bridgehead atoms. The highest BCUT2D eigenvalue weighted by Gasteiger charge is 2.06. The molecule has 1 aromatic rings. The number of rotatable bonds is 2. The van der Waals surface area contributed by atoms with Gasteiger partial charge in [-0.25, -0.2) is 4.79 Å². The minimum atomic E-state index is -1.67. The highest BCUT2D eigenvalue weighted by Crippen LogP contribution is 2.18. The molecule has 5 nitrogen and oxygen atoms in total. The number of para-hydroxylation sites is 1. The van der Waals surface area contributed by atoms with E-state index in [0.717, 1.165) is 12.1 Å². The van der Waals surface area contributed by atoms with Crippen LogP contribution in [0.3, 0.4) is 0 Å². The summed E-state index contributed by atoms with van der Waals surface area (Å²) >= 11 is 0. The average Bonchev–Trinajstić information content (AvgIpc) is 2.03. The van der Waals surface area contributed by atoms with Crippen molar-refractivity contribution >= 4 is 11.9 Å². The minimum Gasteiger partial charge on any atom is -0.871 e. The van der Waals surface area contributed by atoms with Gasteiger partial charge in [-0.3, -0.25) is 0 Å². The first kappa shape index (κ1) is 9.05. The monoisotopic (exact) mass is 180 g/mol. The Morgan fingerprint density at radius 1 is 1.23 bits per heavy atom. The second kappa shape index (κ2) is 3.14. The van der Waals surface area contributed by atoms with Crippen molar-refractivity contribution < 1.29 is 24.9 Å². The summed E-state index contributed by atoms with van der Waals surface area (Å²) in [6.07, 6.45) is 0. The Morgan fingerprint density at radius 2 is 1.77 bits per heavy atom. The summed E-state index contributed by atoms with van der Waals surface area (Å²) in [5, 5.41) is 29.8. The van der Waals surface area contributed by atoms with Gasteiger partial charge in [-0.15, -0.1) is 0 Å². The zero-order valence-corrected chi connectivity index (χ0v) is 6.31. The van der Waals surface area contributed by atoms with Crippen molar-refractivity contribution in [1.29, 1.82) is 0 Å². The van der Waals surface area contributed by atoms with E-state index in [4.69, 9.17) is 5.11 Å². The zero-order chi connectivity index (χ0) is 10.0. The third-order valence-corrected chi connectivity index (χ3v) is 1.47. The van der Waals surface area contributed by atoms with Crippen LogP contribution in [0, 0.1) is 0 Å². The molecule has 0 unspecified atom stereocenters. The van der Waals surface area contributed by atoms with Gasteiger partial charge in [0.05, 0.1) is 11.5 Å². The number of hydrogen-bond acceptors (Lipinski definition) is 4. The summed E-state index contributed by atoms with van der Waals surface area (Å²) in [7, 11) is 0. The first-order chi connectivity index (χ1) is 6.04. The molecule has 0 spiro atoms. The largest absolute Gasteiger partial charge is 0.871 e. The molecule has 13 heavy (non-hydrogen) atoms. The van der Waals surface area contributed by atoms with Gasteiger partial charge in [0, 0.05) is 0 Å². The number of carboxylic acid groups (broad SMARTS) is 2. The van der Waals surface area contributed by atoms with Crippen LogP contribution in [-0.4, -0.2) is 17.0 Å². The summed E-state index contributed by atoms with van der Waals surface area (Å²) < 4.78 is 0. The highest BCUT2D eigenvalue weighted by atomic mass is 16.4. The second-order valence-electron chi connectivity index (χ2n) is 2.27. The van der Waals surface area contributed by atoms with E-state index in [0.29, 0.717) is 0 Å². The molecule has 1 aromatic carbocycles. The predicted molar refractivity (Wildman–Crippen MR) is 37.2 cm³/mol. The average molecular weight is 180 g/mol. The number of carboxylic acids is 2. The summed E-state index contributed by atoms with van der Waals surface area (Å²) in [6, 6.07) is 3.22. The van der Waals surface area contributed by atoms with Gasteiger partial charge in [0.1, 0.15) is 0 Å². The van der Waals surface area contributed by atoms with Crippen LogP contribution in [0.5, 0.6) is 5.75 Å². The lowest BCUT2D eigenvalue weighted by Crippen LogP contribution is -2.24. The standard InChI is InChI=1S/C8H6O5/c9-6-4(7(10)11)2-1-3-5(6)8(12)13/h1-3,9H,(H,10,11)(H,12,13)/p-2. The van der Waals surface area contributed by atoms with E-state index in [-0.39, 0.29) is 0 Å². The van der Waals surface area contributed by atoms with Crippen LogP contribution < -0.4 is 10.2 Å². The first-order valence-corrected chi connectivity index (χ1v) is 3.28. The number of carbonyl (C=O) groups excluding carboxylic acids is 1. The second-order valence-corrected chi connectivity index (χ2v) is 2.27. The third-order valence-electron chi connectivity index (χ3n) is 1.47. The van der Waals surface area contributed by atoms with Crippen molar-refractivity contribution in [2.45, 2.75) is 0 Å². The SMILES string of the molecule is O=C([O-])c1cccc(C(=O)O)c1[O-]. The quantitative estimate of drug-likeness (QED) is 0.617. The van der Waals surface area contributed by atoms with Crippen LogP contribution in [0.25, 0.3) is 0 Å². The number of aromatic carboxylic acids is 2. The molecule has 5 heteroatoms. The van der Waals surface area contributed by atoms with Crippen molar-refractivity contribution in [2.24, 2.45) is 0 Å². The molecule has 0 saturated heterocycles. The molecule has 0 fully saturated rings. The van der Waals surface area contributed by atoms with E-state index in [9.17, 15) is 19.8 Å². The Kier molecular flexibility index (Phi) is 2.19. The molecule has 68 valence electrons. The molecular weight excluding hydrogens is 176 g/mol. The topological polar surface area (TPSA) is 100 Å². The fourth-order valence-electron chi connectivity index (χ4n) is 0.866. The van der Waals surface area contributed by atoms with E-state index in [1.807, 2.05) is 0 Å². The molecule has 0 aliphatic carbocycles. The van der Waals surface area contributed by atoms with E-state index in [1.54, 1.807) is 0 Å². The van der Waals surface area contributed by atoms with Crippen molar-refractivity contribution in [2.75, 3.05) is 0 Å². The molecule has 1 N–H and O–H groups in total. The van der Waals surface area contributed by atoms with Crippen molar-refractivity contribution in [1.82, 2.24) is 0 Å². The van der Waals surface area contributed by atoms with Gasteiger partial charge in [0.2, 0.25) is 0 Å². The maximum atomic E-state index is 11.1. The Hall–Kier alpha value is -2.04. The maximum Gasteiger partial charge on any atom is 0.335 e. The van der Waals surface area contributed by atoms with Gasteiger partial charge in [0.25, 0.3) is 0 Å². The van der Waals surface area contributed by atoms with E-state index >= 15 is 0 Å². The summed E-state index contributed by atoms with van der Waals surface area (Å²) in [4.78, 5) is 20.7. The van der Waals surface area contributed by atoms with E-state index < -0.39 is 28.8 Å². The lowest BCUT2D eigenvalue weighted by atomic mass is 10.1. The van der Waals surface area contributed by atoms with Gasteiger partial charge in [-0.2, -0.15) is 0 Å². The van der Waals surface area contributed by atoms with E-state index in [1.165, 1.54) is 6.07 Å². The van der Waals surface area contributed by atoms with Crippen molar-refractivity contribution in [3.05, 3.63) is 29.3 Å². The molecule has 0 heterocycles. The Morgan fingerprint density at radius 3 is 2.23 bits per heavy atom. The molecule has 0 atom stereocenters. The Labute approximate surface area is 72.9 Å². The molecule has 0 saturated carbocycles. The lowest BCUT2D eigenvalue weighted by Gasteiger charge is -2.16. The normalized spacial score (nSPS) is 9.54. The third kappa shape index (κ3) is 1.58. The van der Waals surface area contributed by atoms with Crippen LogP contribution in [0.2, 0.25) is 0 Å². The Balaban J connectivity index is 3.35. The lowest BCUT2D eigenvalue weighted by molar-refractivity contribution is -0.276. The molecule has 0 aromatic heterocycles. The summed E-state index contributed by atoms with van der Waals surface area (Å²) in [5.41, 5.74) is -1.21. The summed E-state index contributed by atoms with van der Waals surface area (Å²) in [6.45, 7) is 0. The number of hydrogen-bond donors (Lipinski definition) is 1. The van der Waals surface area contributed by atoms with Crippen LogP contribution in [-0.2, 0) is 0 Å². The van der Waals surface area contributed by atoms with E-state index in [2.05, 4.69) is 0 Å². The van der Waals surface area contributed by atoms with Crippen LogP contribution in [0.15, 0.2) is 18.2 Å². The van der Waals surface area contributed by atoms with Gasteiger partial charge in [-0.1, -0.05) is 17.9 Å². The van der Waals surface area contributed by atoms with Crippen LogP contribution >= 0.6 is 0 Å². The van der Waals surface area contributed by atoms with Gasteiger partial charge >= 0.3 is 5.97 Å². The molecule has 0 aliphatic heterocycles. The van der Waals surface area contributed by atoms with Crippen molar-refractivity contribution in [3.63, 3.8) is 0 Å². The van der Waals surface area contributed by atoms with Crippen LogP contribution in [0.4, 0.5) is 0 Å². The molecule has 0 amide bonds. The predicted octanol–water partition coefficient (Wildman–Crippen LogP) is -1.18. The Bertz CT molecular complexity index is 337. The van der Waals surface area contributed by atoms with Crippen LogP contribution in [0.1, 0.15) is 20.7 Å².